The Morgan fingerprint density at radius 3 is 2.83 bits per heavy atom. The Bertz CT molecular complexity index is 604. The van der Waals surface area contributed by atoms with Gasteiger partial charge in [-0.25, -0.2) is 4.39 Å². The number of rotatable bonds is 4. The van der Waals surface area contributed by atoms with Crippen molar-refractivity contribution in [3.8, 4) is 0 Å². The van der Waals surface area contributed by atoms with Gasteiger partial charge in [0.1, 0.15) is 5.82 Å². The second-order valence-electron chi connectivity index (χ2n) is 6.79. The molecule has 0 spiro atoms. The molecule has 1 aromatic rings. The second kappa shape index (κ2) is 6.69. The maximum Gasteiger partial charge on any atom is 0.226 e. The zero-order valence-corrected chi connectivity index (χ0v) is 13.4. The summed E-state index contributed by atoms with van der Waals surface area (Å²) in [7, 11) is 0. The molecule has 124 valence electrons. The van der Waals surface area contributed by atoms with Crippen molar-refractivity contribution in [1.82, 2.24) is 10.2 Å². The number of carbonyl (C=O) groups is 2. The lowest BCUT2D eigenvalue weighted by molar-refractivity contribution is -0.136. The van der Waals surface area contributed by atoms with E-state index in [2.05, 4.69) is 12.2 Å². The fraction of sp³-hybridized carbons (Fsp3) is 0.556. The molecular formula is C18H23FN2O2. The topological polar surface area (TPSA) is 49.4 Å². The highest BCUT2D eigenvalue weighted by atomic mass is 19.1. The molecule has 2 fully saturated rings. The third-order valence-electron chi connectivity index (χ3n) is 4.82. The van der Waals surface area contributed by atoms with Crippen LogP contribution in [-0.4, -0.2) is 29.8 Å². The lowest BCUT2D eigenvalue weighted by Gasteiger charge is -2.31. The first-order valence-electron chi connectivity index (χ1n) is 8.36. The van der Waals surface area contributed by atoms with Crippen molar-refractivity contribution < 1.29 is 14.0 Å². The normalized spacial score (nSPS) is 26.7. The maximum absolute atomic E-state index is 13.5. The number of amides is 2. The first-order chi connectivity index (χ1) is 11.1. The van der Waals surface area contributed by atoms with Gasteiger partial charge in [-0.2, -0.15) is 0 Å². The number of likely N-dealkylation sites (tertiary alicyclic amines) is 1. The lowest BCUT2D eigenvalue weighted by Crippen LogP contribution is -2.40. The minimum Gasteiger partial charge on any atom is -0.352 e. The number of nitrogens with one attached hydrogen (secondary N) is 1. The van der Waals surface area contributed by atoms with E-state index < -0.39 is 0 Å². The summed E-state index contributed by atoms with van der Waals surface area (Å²) in [5, 5.41) is 2.75. The van der Waals surface area contributed by atoms with Crippen LogP contribution < -0.4 is 5.32 Å². The second-order valence-corrected chi connectivity index (χ2v) is 6.79. The average Bonchev–Trinajstić information content (AvgIpc) is 3.34. The zero-order chi connectivity index (χ0) is 16.4. The van der Waals surface area contributed by atoms with Crippen LogP contribution in [0.3, 0.4) is 0 Å². The molecule has 2 aliphatic rings. The van der Waals surface area contributed by atoms with E-state index in [1.54, 1.807) is 18.2 Å². The van der Waals surface area contributed by atoms with Crippen LogP contribution in [0.2, 0.25) is 0 Å². The molecule has 4 nitrogen and oxygen atoms in total. The van der Waals surface area contributed by atoms with Gasteiger partial charge >= 0.3 is 0 Å². The van der Waals surface area contributed by atoms with Crippen LogP contribution in [0.4, 0.5) is 4.39 Å². The standard InChI is InChI=1S/C18H23FN2O2/c1-12-5-4-8-21(11-12)18(23)15-9-14(15)17(22)20-10-13-6-2-3-7-16(13)19/h2-3,6-7,12,14-15H,4-5,8-11H2,1H3,(H,20,22). The first-order valence-corrected chi connectivity index (χ1v) is 8.36. The number of halogens is 1. The fourth-order valence-corrected chi connectivity index (χ4v) is 3.34. The van der Waals surface area contributed by atoms with Gasteiger partial charge in [0.2, 0.25) is 11.8 Å². The van der Waals surface area contributed by atoms with Crippen LogP contribution in [0.5, 0.6) is 0 Å². The SMILES string of the molecule is CC1CCCN(C(=O)C2CC2C(=O)NCc2ccccc2F)C1. The van der Waals surface area contributed by atoms with E-state index in [0.29, 0.717) is 17.9 Å². The monoisotopic (exact) mass is 318 g/mol. The Morgan fingerprint density at radius 2 is 2.09 bits per heavy atom. The average molecular weight is 318 g/mol. The molecule has 1 aliphatic heterocycles. The summed E-state index contributed by atoms with van der Waals surface area (Å²) in [6.07, 6.45) is 2.83. The van der Waals surface area contributed by atoms with Gasteiger partial charge in [-0.1, -0.05) is 25.1 Å². The van der Waals surface area contributed by atoms with Crippen molar-refractivity contribution in [2.24, 2.45) is 17.8 Å². The van der Waals surface area contributed by atoms with Gasteiger partial charge in [-0.05, 0) is 31.2 Å². The summed E-state index contributed by atoms with van der Waals surface area (Å²) in [5.41, 5.74) is 0.467. The molecule has 1 saturated carbocycles. The van der Waals surface area contributed by atoms with E-state index in [0.717, 1.165) is 19.5 Å². The Labute approximate surface area is 136 Å². The molecule has 1 aliphatic carbocycles. The van der Waals surface area contributed by atoms with Crippen molar-refractivity contribution in [2.45, 2.75) is 32.7 Å². The molecule has 23 heavy (non-hydrogen) atoms. The highest BCUT2D eigenvalue weighted by Gasteiger charge is 2.49. The molecule has 0 aromatic heterocycles. The molecular weight excluding hydrogens is 295 g/mol. The molecule has 3 atom stereocenters. The van der Waals surface area contributed by atoms with Crippen LogP contribution in [0.25, 0.3) is 0 Å². The van der Waals surface area contributed by atoms with E-state index in [4.69, 9.17) is 0 Å². The van der Waals surface area contributed by atoms with Crippen molar-refractivity contribution in [3.63, 3.8) is 0 Å². The minimum atomic E-state index is -0.321. The Morgan fingerprint density at radius 1 is 1.30 bits per heavy atom. The van der Waals surface area contributed by atoms with Gasteiger partial charge in [0, 0.05) is 25.2 Å². The van der Waals surface area contributed by atoms with Crippen LogP contribution in [-0.2, 0) is 16.1 Å². The highest BCUT2D eigenvalue weighted by Crippen LogP contribution is 2.40. The molecule has 3 rings (SSSR count). The Hall–Kier alpha value is -1.91. The molecule has 5 heteroatoms. The molecule has 1 aromatic carbocycles. The summed E-state index contributed by atoms with van der Waals surface area (Å²) >= 11 is 0. The van der Waals surface area contributed by atoms with Crippen molar-refractivity contribution in [2.75, 3.05) is 13.1 Å². The molecule has 1 saturated heterocycles. The molecule has 0 bridgehead atoms. The number of carbonyl (C=O) groups excluding carboxylic acids is 2. The molecule has 2 amide bonds. The minimum absolute atomic E-state index is 0.114. The number of hydrogen-bond donors (Lipinski definition) is 1. The predicted molar refractivity (Wildman–Crippen MR) is 84.8 cm³/mol. The smallest absolute Gasteiger partial charge is 0.226 e. The van der Waals surface area contributed by atoms with Crippen molar-refractivity contribution in [1.29, 1.82) is 0 Å². The maximum atomic E-state index is 13.5. The van der Waals surface area contributed by atoms with E-state index in [-0.39, 0.29) is 36.0 Å². The van der Waals surface area contributed by atoms with Gasteiger partial charge in [0.15, 0.2) is 0 Å². The molecule has 1 N–H and O–H groups in total. The van der Waals surface area contributed by atoms with Gasteiger partial charge in [0.05, 0.1) is 11.8 Å². The van der Waals surface area contributed by atoms with Gasteiger partial charge < -0.3 is 10.2 Å². The predicted octanol–water partition coefficient (Wildman–Crippen LogP) is 2.34. The zero-order valence-electron chi connectivity index (χ0n) is 13.4. The Kier molecular flexibility index (Phi) is 4.64. The van der Waals surface area contributed by atoms with Crippen LogP contribution in [0.15, 0.2) is 24.3 Å². The third kappa shape index (κ3) is 3.71. The quantitative estimate of drug-likeness (QED) is 0.926. The summed E-state index contributed by atoms with van der Waals surface area (Å²) in [4.78, 5) is 26.5. The van der Waals surface area contributed by atoms with Crippen LogP contribution in [0, 0.1) is 23.6 Å². The van der Waals surface area contributed by atoms with E-state index in [9.17, 15) is 14.0 Å². The molecule has 3 unspecified atom stereocenters. The number of nitrogens with zero attached hydrogens (tertiary/aromatic N) is 1. The van der Waals surface area contributed by atoms with E-state index in [1.165, 1.54) is 12.5 Å². The highest BCUT2D eigenvalue weighted by molar-refractivity contribution is 5.92. The summed E-state index contributed by atoms with van der Waals surface area (Å²) in [5.74, 6) is -0.231. The van der Waals surface area contributed by atoms with Gasteiger partial charge in [-0.3, -0.25) is 9.59 Å². The van der Waals surface area contributed by atoms with E-state index in [1.807, 2.05) is 4.90 Å². The molecule has 0 radical (unpaired) electrons. The van der Waals surface area contributed by atoms with Crippen LogP contribution in [0.1, 0.15) is 31.7 Å². The van der Waals surface area contributed by atoms with Gasteiger partial charge in [0.25, 0.3) is 0 Å². The molecule has 1 heterocycles. The summed E-state index contributed by atoms with van der Waals surface area (Å²) in [6.45, 7) is 3.94. The van der Waals surface area contributed by atoms with Crippen molar-refractivity contribution >= 4 is 11.8 Å². The first kappa shape index (κ1) is 16.0. The summed E-state index contributed by atoms with van der Waals surface area (Å²) < 4.78 is 13.5. The fourth-order valence-electron chi connectivity index (χ4n) is 3.34. The van der Waals surface area contributed by atoms with E-state index >= 15 is 0 Å². The lowest BCUT2D eigenvalue weighted by atomic mass is 10.00. The summed E-state index contributed by atoms with van der Waals surface area (Å²) in [6, 6.07) is 6.39. The number of hydrogen-bond acceptors (Lipinski definition) is 2. The number of benzene rings is 1. The van der Waals surface area contributed by atoms with Crippen LogP contribution >= 0.6 is 0 Å². The Balaban J connectivity index is 1.49. The van der Waals surface area contributed by atoms with Crippen molar-refractivity contribution in [3.05, 3.63) is 35.6 Å². The number of piperidine rings is 1. The third-order valence-corrected chi connectivity index (χ3v) is 4.82. The van der Waals surface area contributed by atoms with Gasteiger partial charge in [-0.15, -0.1) is 0 Å². The largest absolute Gasteiger partial charge is 0.352 e.